The Morgan fingerprint density at radius 3 is 2.74 bits per heavy atom. The van der Waals surface area contributed by atoms with E-state index in [1.165, 1.54) is 11.3 Å². The fourth-order valence-electron chi connectivity index (χ4n) is 3.61. The van der Waals surface area contributed by atoms with Crippen LogP contribution in [0, 0.1) is 6.92 Å². The van der Waals surface area contributed by atoms with Crippen molar-refractivity contribution >= 4 is 44.2 Å². The summed E-state index contributed by atoms with van der Waals surface area (Å²) in [6.07, 6.45) is 1.70. The normalized spacial score (nSPS) is 11.0. The number of hydrogen-bond acceptors (Lipinski definition) is 7. The highest BCUT2D eigenvalue weighted by molar-refractivity contribution is 7.22. The Labute approximate surface area is 204 Å². The molecule has 3 aromatic heterocycles. The zero-order valence-electron chi connectivity index (χ0n) is 18.4. The van der Waals surface area contributed by atoms with Crippen molar-refractivity contribution in [2.24, 2.45) is 0 Å². The predicted molar refractivity (Wildman–Crippen MR) is 133 cm³/mol. The summed E-state index contributed by atoms with van der Waals surface area (Å²) in [6.45, 7) is 1.94. The molecule has 9 heteroatoms. The van der Waals surface area contributed by atoms with Crippen LogP contribution in [0.25, 0.3) is 21.5 Å². The minimum Gasteiger partial charge on any atom is -0.497 e. The van der Waals surface area contributed by atoms with Crippen LogP contribution < -0.4 is 9.64 Å². The number of carbonyl (C=O) groups excluding carboxylic acids is 1. The van der Waals surface area contributed by atoms with Crippen LogP contribution in [0.3, 0.4) is 0 Å². The summed E-state index contributed by atoms with van der Waals surface area (Å²) in [5.74, 6) is 0.820. The molecule has 5 aromatic rings. The van der Waals surface area contributed by atoms with Gasteiger partial charge in [-0.1, -0.05) is 52.4 Å². The maximum absolute atomic E-state index is 14.0. The van der Waals surface area contributed by atoms with Crippen molar-refractivity contribution in [3.05, 3.63) is 88.9 Å². The molecule has 5 rings (SSSR count). The van der Waals surface area contributed by atoms with Crippen molar-refractivity contribution in [2.75, 3.05) is 12.0 Å². The van der Waals surface area contributed by atoms with Gasteiger partial charge in [0.2, 0.25) is 0 Å². The summed E-state index contributed by atoms with van der Waals surface area (Å²) >= 11 is 7.81. The van der Waals surface area contributed by atoms with Crippen molar-refractivity contribution in [1.29, 1.82) is 0 Å². The second-order valence-corrected chi connectivity index (χ2v) is 8.90. The quantitative estimate of drug-likeness (QED) is 0.283. The van der Waals surface area contributed by atoms with Crippen molar-refractivity contribution in [3.63, 3.8) is 0 Å². The van der Waals surface area contributed by atoms with Gasteiger partial charge in [-0.15, -0.1) is 0 Å². The molecule has 3 heterocycles. The molecular weight excluding hydrogens is 472 g/mol. The number of aromatic nitrogens is 3. The second kappa shape index (κ2) is 9.24. The molecule has 0 saturated carbocycles. The molecule has 7 nitrogen and oxygen atoms in total. The van der Waals surface area contributed by atoms with E-state index in [2.05, 4.69) is 10.1 Å². The number of carbonyl (C=O) groups is 1. The Morgan fingerprint density at radius 1 is 1.15 bits per heavy atom. The first-order chi connectivity index (χ1) is 16.5. The first-order valence-electron chi connectivity index (χ1n) is 10.4. The number of nitrogens with zero attached hydrogens (tertiary/aromatic N) is 4. The molecule has 0 atom stereocenters. The zero-order valence-corrected chi connectivity index (χ0v) is 19.9. The van der Waals surface area contributed by atoms with Gasteiger partial charge in [-0.25, -0.2) is 4.98 Å². The van der Waals surface area contributed by atoms with Crippen LogP contribution in [0.1, 0.15) is 21.8 Å². The summed E-state index contributed by atoms with van der Waals surface area (Å²) in [4.78, 5) is 24.8. The highest BCUT2D eigenvalue weighted by atomic mass is 35.5. The lowest BCUT2D eigenvalue weighted by molar-refractivity contribution is 0.0984. The predicted octanol–water partition coefficient (Wildman–Crippen LogP) is 6.16. The molecule has 2 aromatic carbocycles. The molecule has 0 bridgehead atoms. The van der Waals surface area contributed by atoms with Gasteiger partial charge in [0, 0.05) is 11.8 Å². The lowest BCUT2D eigenvalue weighted by atomic mass is 10.0. The Morgan fingerprint density at radius 2 is 1.97 bits per heavy atom. The average Bonchev–Trinajstić information content (AvgIpc) is 3.45. The Kier molecular flexibility index (Phi) is 6.00. The number of aryl methyl sites for hydroxylation is 1. The number of rotatable bonds is 6. The zero-order chi connectivity index (χ0) is 23.7. The monoisotopic (exact) mass is 490 g/mol. The maximum Gasteiger partial charge on any atom is 0.266 e. The summed E-state index contributed by atoms with van der Waals surface area (Å²) in [5.41, 5.74) is 2.84. The van der Waals surface area contributed by atoms with Gasteiger partial charge in [0.05, 0.1) is 34.6 Å². The molecule has 0 unspecified atom stereocenters. The van der Waals surface area contributed by atoms with E-state index < -0.39 is 0 Å². The van der Waals surface area contributed by atoms with Crippen LogP contribution in [-0.4, -0.2) is 28.1 Å². The molecule has 0 fully saturated rings. The maximum atomic E-state index is 14.0. The fourth-order valence-corrected chi connectivity index (χ4v) is 4.83. The van der Waals surface area contributed by atoms with E-state index in [0.717, 1.165) is 21.7 Å². The Hall–Kier alpha value is -3.75. The fraction of sp³-hybridized carbons (Fsp3) is 0.120. The van der Waals surface area contributed by atoms with Gasteiger partial charge in [0.25, 0.3) is 5.91 Å². The highest BCUT2D eigenvalue weighted by Gasteiger charge is 2.30. The standard InChI is InChI=1S/C25H19ClN4O3S/c1-15-22(23(29-33-15)18-8-3-4-9-19(18)26)24(31)30(14-16-7-5-6-12-27-16)25-28-20-11-10-17(32-2)13-21(20)34-25/h3-13H,14H2,1-2H3. The number of benzene rings is 2. The van der Waals surface area contributed by atoms with E-state index in [4.69, 9.17) is 25.8 Å². The number of amides is 1. The number of thiazole rings is 1. The van der Waals surface area contributed by atoms with Crippen LogP contribution in [0.15, 0.2) is 71.4 Å². The summed E-state index contributed by atoms with van der Waals surface area (Å²) in [7, 11) is 1.62. The minimum absolute atomic E-state index is 0.225. The molecule has 1 amide bonds. The van der Waals surface area contributed by atoms with E-state index in [-0.39, 0.29) is 12.5 Å². The van der Waals surface area contributed by atoms with E-state index in [1.807, 2.05) is 54.6 Å². The van der Waals surface area contributed by atoms with Crippen LogP contribution in [0.2, 0.25) is 5.02 Å². The van der Waals surface area contributed by atoms with E-state index in [9.17, 15) is 4.79 Å². The van der Waals surface area contributed by atoms with Crippen molar-refractivity contribution in [2.45, 2.75) is 13.5 Å². The number of methoxy groups -OCH3 is 1. The summed E-state index contributed by atoms with van der Waals surface area (Å²) in [5, 5.41) is 5.17. The van der Waals surface area contributed by atoms with Crippen LogP contribution >= 0.6 is 22.9 Å². The third-order valence-electron chi connectivity index (χ3n) is 5.31. The topological polar surface area (TPSA) is 81.4 Å². The van der Waals surface area contributed by atoms with E-state index >= 15 is 0 Å². The van der Waals surface area contributed by atoms with Crippen molar-refractivity contribution in [3.8, 4) is 17.0 Å². The second-order valence-electron chi connectivity index (χ2n) is 7.48. The SMILES string of the molecule is COc1ccc2nc(N(Cc3ccccn3)C(=O)c3c(-c4ccccc4Cl)noc3C)sc2c1. The van der Waals surface area contributed by atoms with Gasteiger partial charge in [0.15, 0.2) is 5.13 Å². The largest absolute Gasteiger partial charge is 0.497 e. The lowest BCUT2D eigenvalue weighted by Gasteiger charge is -2.19. The Balaban J connectivity index is 1.63. The minimum atomic E-state index is -0.301. The first-order valence-corrected chi connectivity index (χ1v) is 11.6. The van der Waals surface area contributed by atoms with Crippen molar-refractivity contribution < 1.29 is 14.1 Å². The summed E-state index contributed by atoms with van der Waals surface area (Å²) < 4.78 is 11.7. The number of fused-ring (bicyclic) bond motifs is 1. The number of hydrogen-bond donors (Lipinski definition) is 0. The molecule has 0 saturated heterocycles. The van der Waals surface area contributed by atoms with Gasteiger partial charge in [-0.05, 0) is 43.3 Å². The number of ether oxygens (including phenoxy) is 1. The van der Waals surface area contributed by atoms with Crippen molar-refractivity contribution in [1.82, 2.24) is 15.1 Å². The molecule has 0 aliphatic heterocycles. The molecule has 0 N–H and O–H groups in total. The van der Waals surface area contributed by atoms with Gasteiger partial charge in [-0.2, -0.15) is 0 Å². The molecule has 0 spiro atoms. The number of pyridine rings is 1. The van der Waals surface area contributed by atoms with Gasteiger partial charge in [-0.3, -0.25) is 14.7 Å². The van der Waals surface area contributed by atoms with Gasteiger partial charge >= 0.3 is 0 Å². The third kappa shape index (κ3) is 4.13. The van der Waals surface area contributed by atoms with E-state index in [0.29, 0.717) is 32.7 Å². The number of anilines is 1. The van der Waals surface area contributed by atoms with Crippen LogP contribution in [0.4, 0.5) is 5.13 Å². The molecule has 170 valence electrons. The smallest absolute Gasteiger partial charge is 0.266 e. The van der Waals surface area contributed by atoms with Gasteiger partial charge < -0.3 is 9.26 Å². The molecule has 0 radical (unpaired) electrons. The lowest BCUT2D eigenvalue weighted by Crippen LogP contribution is -2.31. The summed E-state index contributed by atoms with van der Waals surface area (Å²) in [6, 6.07) is 18.4. The molecular formula is C25H19ClN4O3S. The van der Waals surface area contributed by atoms with Crippen LogP contribution in [-0.2, 0) is 6.54 Å². The number of halogens is 1. The molecule has 34 heavy (non-hydrogen) atoms. The Bertz CT molecular complexity index is 1480. The molecule has 0 aliphatic carbocycles. The van der Waals surface area contributed by atoms with Crippen LogP contribution in [0.5, 0.6) is 5.75 Å². The first kappa shape index (κ1) is 22.1. The van der Waals surface area contributed by atoms with Gasteiger partial charge in [0.1, 0.15) is 22.8 Å². The highest BCUT2D eigenvalue weighted by Crippen LogP contribution is 2.36. The molecule has 0 aliphatic rings. The average molecular weight is 491 g/mol. The third-order valence-corrected chi connectivity index (χ3v) is 6.68. The van der Waals surface area contributed by atoms with E-state index in [1.54, 1.807) is 31.2 Å².